The first-order chi connectivity index (χ1) is 7.41. The SMILES string of the molecule is CC(C)C[Se]C([Se]CC(C)C)[Se]CC(C)C. The monoisotopic (exact) mass is 424 g/mol. The van der Waals surface area contributed by atoms with Gasteiger partial charge in [-0.1, -0.05) is 0 Å². The van der Waals surface area contributed by atoms with E-state index in [1.165, 1.54) is 18.6 Å². The van der Waals surface area contributed by atoms with E-state index in [0.29, 0.717) is 0 Å². The van der Waals surface area contributed by atoms with Crippen LogP contribution in [0.15, 0.2) is 0 Å². The van der Waals surface area contributed by atoms with Crippen LogP contribution in [-0.4, -0.2) is 44.9 Å². The Morgan fingerprint density at radius 1 is 0.562 bits per heavy atom. The van der Waals surface area contributed by atoms with E-state index < -0.39 is 0 Å². The Bertz CT molecular complexity index is 127. The van der Waals surface area contributed by atoms with Crippen LogP contribution >= 0.6 is 0 Å². The van der Waals surface area contributed by atoms with Crippen LogP contribution in [0.4, 0.5) is 0 Å². The van der Waals surface area contributed by atoms with Crippen LogP contribution < -0.4 is 0 Å². The molecule has 0 aromatic carbocycles. The Kier molecular flexibility index (Phi) is 11.5. The summed E-state index contributed by atoms with van der Waals surface area (Å²) in [6, 6.07) is 0. The van der Waals surface area contributed by atoms with Crippen molar-refractivity contribution in [2.24, 2.45) is 17.8 Å². The van der Waals surface area contributed by atoms with Crippen LogP contribution in [0, 0.1) is 17.8 Å². The molecule has 0 amide bonds. The van der Waals surface area contributed by atoms with Crippen LogP contribution in [0.5, 0.6) is 0 Å². The molecule has 0 unspecified atom stereocenters. The summed E-state index contributed by atoms with van der Waals surface area (Å²) in [6.07, 6.45) is 0. The van der Waals surface area contributed by atoms with Gasteiger partial charge in [-0.3, -0.25) is 0 Å². The molecule has 0 aliphatic carbocycles. The third-order valence-electron chi connectivity index (χ3n) is 1.70. The van der Waals surface area contributed by atoms with Crippen molar-refractivity contribution in [3.63, 3.8) is 0 Å². The van der Waals surface area contributed by atoms with E-state index >= 15 is 0 Å². The average Bonchev–Trinajstić information content (AvgIpc) is 2.15. The fourth-order valence-electron chi connectivity index (χ4n) is 0.957. The van der Waals surface area contributed by atoms with Crippen molar-refractivity contribution in [1.82, 2.24) is 0 Å². The van der Waals surface area contributed by atoms with E-state index in [9.17, 15) is 0 Å². The van der Waals surface area contributed by atoms with Gasteiger partial charge in [0.2, 0.25) is 0 Å². The van der Waals surface area contributed by atoms with E-state index in [4.69, 9.17) is 0 Å². The molecular formula is C13H28Se3. The molecule has 0 N–H and O–H groups in total. The minimum absolute atomic E-state index is 0.923. The Hall–Kier alpha value is 1.56. The Labute approximate surface area is 122 Å². The van der Waals surface area contributed by atoms with Gasteiger partial charge in [0.25, 0.3) is 0 Å². The summed E-state index contributed by atoms with van der Waals surface area (Å²) in [7, 11) is 0. The Balaban J connectivity index is 3.85. The Morgan fingerprint density at radius 3 is 1.00 bits per heavy atom. The van der Waals surface area contributed by atoms with Gasteiger partial charge in [-0.05, 0) is 0 Å². The maximum absolute atomic E-state index is 2.38. The zero-order chi connectivity index (χ0) is 12.6. The van der Waals surface area contributed by atoms with Crippen molar-refractivity contribution < 1.29 is 0 Å². The normalized spacial score (nSPS) is 12.4. The molecule has 0 nitrogen and oxygen atoms in total. The molecule has 0 heterocycles. The van der Waals surface area contributed by atoms with Gasteiger partial charge >= 0.3 is 123 Å². The van der Waals surface area contributed by atoms with Crippen molar-refractivity contribution in [2.45, 2.75) is 60.1 Å². The van der Waals surface area contributed by atoms with E-state index in [1.54, 1.807) is 0 Å². The summed E-state index contributed by atoms with van der Waals surface area (Å²) in [6.45, 7) is 14.3. The predicted molar refractivity (Wildman–Crippen MR) is 79.9 cm³/mol. The zero-order valence-electron chi connectivity index (χ0n) is 11.7. The van der Waals surface area contributed by atoms with Crippen molar-refractivity contribution >= 4 is 44.9 Å². The standard InChI is InChI=1S/C13H28Se3/c1-10(2)7-14-13(15-8-11(3)4)16-9-12(5)6/h10-13H,7-9H2,1-6H3. The van der Waals surface area contributed by atoms with Crippen LogP contribution in [0.3, 0.4) is 0 Å². The van der Waals surface area contributed by atoms with Gasteiger partial charge in [-0.15, -0.1) is 0 Å². The molecule has 98 valence electrons. The molecule has 0 saturated heterocycles. The summed E-state index contributed by atoms with van der Waals surface area (Å²) in [5, 5.41) is 4.53. The van der Waals surface area contributed by atoms with Crippen molar-refractivity contribution in [3.8, 4) is 0 Å². The molecule has 0 atom stereocenters. The van der Waals surface area contributed by atoms with Gasteiger partial charge in [-0.2, -0.15) is 0 Å². The van der Waals surface area contributed by atoms with Crippen LogP contribution in [0.1, 0.15) is 41.5 Å². The first kappa shape index (κ1) is 17.6. The molecule has 0 rings (SSSR count). The quantitative estimate of drug-likeness (QED) is 0.494. The Morgan fingerprint density at radius 2 is 0.812 bits per heavy atom. The fourth-order valence-corrected chi connectivity index (χ4v) is 13.3. The topological polar surface area (TPSA) is 0 Å². The zero-order valence-corrected chi connectivity index (χ0v) is 16.8. The number of hydrogen-bond acceptors (Lipinski definition) is 0. The second-order valence-electron chi connectivity index (χ2n) is 5.47. The molecular weight excluding hydrogens is 393 g/mol. The van der Waals surface area contributed by atoms with Gasteiger partial charge in [0.1, 0.15) is 0 Å². The maximum atomic E-state index is 2.38. The second kappa shape index (κ2) is 10.5. The molecule has 0 fully saturated rings. The molecule has 0 aliphatic rings. The summed E-state index contributed by atoms with van der Waals surface area (Å²) in [5.74, 6) is 2.77. The van der Waals surface area contributed by atoms with Gasteiger partial charge in [0.15, 0.2) is 0 Å². The molecule has 0 aromatic heterocycles. The predicted octanol–water partition coefficient (Wildman–Crippen LogP) is 4.03. The number of rotatable bonds is 9. The van der Waals surface area contributed by atoms with Crippen molar-refractivity contribution in [1.29, 1.82) is 0 Å². The van der Waals surface area contributed by atoms with E-state index in [1.807, 2.05) is 0 Å². The third-order valence-corrected chi connectivity index (χ3v) is 17.7. The molecule has 3 heteroatoms. The fraction of sp³-hybridized carbons (Fsp3) is 1.00. The average molecular weight is 421 g/mol. The first-order valence-corrected chi connectivity index (χ1v) is 12.9. The van der Waals surface area contributed by atoms with Crippen LogP contribution in [-0.2, 0) is 0 Å². The van der Waals surface area contributed by atoms with Crippen molar-refractivity contribution in [3.05, 3.63) is 0 Å². The van der Waals surface area contributed by atoms with Gasteiger partial charge in [-0.25, -0.2) is 0 Å². The second-order valence-corrected chi connectivity index (χ2v) is 17.2. The van der Waals surface area contributed by atoms with Gasteiger partial charge in [0.05, 0.1) is 0 Å². The summed E-state index contributed by atoms with van der Waals surface area (Å²) >= 11 is 2.83. The molecule has 0 bridgehead atoms. The number of hydrogen-bond donors (Lipinski definition) is 0. The van der Waals surface area contributed by atoms with Crippen LogP contribution in [0.25, 0.3) is 0 Å². The van der Waals surface area contributed by atoms with E-state index in [2.05, 4.69) is 41.5 Å². The van der Waals surface area contributed by atoms with Crippen LogP contribution in [0.2, 0.25) is 18.6 Å². The molecule has 16 heavy (non-hydrogen) atoms. The summed E-state index contributed by atoms with van der Waals surface area (Å²) < 4.78 is 1.18. The van der Waals surface area contributed by atoms with Gasteiger partial charge < -0.3 is 0 Å². The minimum atomic E-state index is 0.923. The molecule has 0 saturated carbocycles. The van der Waals surface area contributed by atoms with Crippen molar-refractivity contribution in [2.75, 3.05) is 0 Å². The van der Waals surface area contributed by atoms with E-state index in [0.717, 1.165) is 62.6 Å². The molecule has 0 aromatic rings. The van der Waals surface area contributed by atoms with Gasteiger partial charge in [0, 0.05) is 0 Å². The molecule has 0 spiro atoms. The summed E-state index contributed by atoms with van der Waals surface area (Å²) in [5.41, 5.74) is 0. The molecule has 0 radical (unpaired) electrons. The summed E-state index contributed by atoms with van der Waals surface area (Å²) in [4.78, 5) is 0. The molecule has 0 aliphatic heterocycles. The third kappa shape index (κ3) is 12.0. The first-order valence-electron chi connectivity index (χ1n) is 6.26. The van der Waals surface area contributed by atoms with E-state index in [-0.39, 0.29) is 0 Å².